The number of rotatable bonds is 4. The van der Waals surface area contributed by atoms with Crippen LogP contribution in [0.3, 0.4) is 0 Å². The van der Waals surface area contributed by atoms with Gasteiger partial charge in [0.15, 0.2) is 0 Å². The summed E-state index contributed by atoms with van der Waals surface area (Å²) in [7, 11) is -0.771. The van der Waals surface area contributed by atoms with Crippen molar-refractivity contribution in [1.82, 2.24) is 10.3 Å². The van der Waals surface area contributed by atoms with Crippen molar-refractivity contribution in [3.8, 4) is 0 Å². The molecule has 2 atom stereocenters. The van der Waals surface area contributed by atoms with E-state index < -0.39 is 10.8 Å². The van der Waals surface area contributed by atoms with Crippen LogP contribution in [0.25, 0.3) is 0 Å². The van der Waals surface area contributed by atoms with Gasteiger partial charge in [0.05, 0.1) is 11.4 Å². The lowest BCUT2D eigenvalue weighted by molar-refractivity contribution is 0.408. The fraction of sp³-hybridized carbons (Fsp3) is 0.583. The van der Waals surface area contributed by atoms with Gasteiger partial charge in [0.2, 0.25) is 0 Å². The molecular formula is C12H18N2OS. The number of nitrogens with zero attached hydrogens (tertiary/aromatic N) is 1. The Morgan fingerprint density at radius 1 is 1.50 bits per heavy atom. The smallest absolute Gasteiger partial charge is 0.0658 e. The van der Waals surface area contributed by atoms with Crippen molar-refractivity contribution in [3.63, 3.8) is 0 Å². The molecule has 0 spiro atoms. The van der Waals surface area contributed by atoms with Crippen LogP contribution in [-0.2, 0) is 16.6 Å². The van der Waals surface area contributed by atoms with E-state index >= 15 is 0 Å². The van der Waals surface area contributed by atoms with E-state index in [1.165, 1.54) is 12.8 Å². The zero-order valence-electron chi connectivity index (χ0n) is 9.39. The summed E-state index contributed by atoms with van der Waals surface area (Å²) < 4.78 is 11.9. The maximum absolute atomic E-state index is 11.9. The molecule has 0 radical (unpaired) electrons. The van der Waals surface area contributed by atoms with Crippen molar-refractivity contribution in [2.45, 2.75) is 18.6 Å². The number of nitrogens with one attached hydrogen (secondary N) is 1. The first-order valence-corrected chi connectivity index (χ1v) is 7.29. The zero-order chi connectivity index (χ0) is 11.2. The Labute approximate surface area is 99.1 Å². The number of hydrogen-bond donors (Lipinski definition) is 1. The van der Waals surface area contributed by atoms with Crippen molar-refractivity contribution in [3.05, 3.63) is 30.1 Å². The van der Waals surface area contributed by atoms with Crippen molar-refractivity contribution in [2.24, 2.45) is 5.92 Å². The van der Waals surface area contributed by atoms with Gasteiger partial charge in [0.25, 0.3) is 0 Å². The highest BCUT2D eigenvalue weighted by molar-refractivity contribution is 7.84. The Balaban J connectivity index is 1.80. The van der Waals surface area contributed by atoms with Crippen LogP contribution in [0, 0.1) is 5.92 Å². The first-order valence-electron chi connectivity index (χ1n) is 5.80. The van der Waals surface area contributed by atoms with Gasteiger partial charge < -0.3 is 5.32 Å². The lowest BCUT2D eigenvalue weighted by Crippen LogP contribution is -2.32. The molecule has 1 saturated heterocycles. The van der Waals surface area contributed by atoms with Gasteiger partial charge >= 0.3 is 0 Å². The molecular weight excluding hydrogens is 220 g/mol. The average Bonchev–Trinajstić information content (AvgIpc) is 2.31. The highest BCUT2D eigenvalue weighted by atomic mass is 32.2. The monoisotopic (exact) mass is 238 g/mol. The van der Waals surface area contributed by atoms with Crippen LogP contribution in [-0.4, -0.2) is 28.0 Å². The Hall–Kier alpha value is -0.740. The van der Waals surface area contributed by atoms with Gasteiger partial charge in [0.1, 0.15) is 0 Å². The van der Waals surface area contributed by atoms with Crippen molar-refractivity contribution >= 4 is 10.8 Å². The Morgan fingerprint density at radius 3 is 3.12 bits per heavy atom. The molecule has 0 saturated carbocycles. The predicted octanol–water partition coefficient (Wildman–Crippen LogP) is 1.33. The minimum absolute atomic E-state index is 0.582. The molecule has 16 heavy (non-hydrogen) atoms. The number of hydrogen-bond acceptors (Lipinski definition) is 3. The maximum Gasteiger partial charge on any atom is 0.0658 e. The standard InChI is InChI=1S/C12H18N2OS/c15-16(9-11-4-3-6-13-8-11)10-12-5-1-2-7-14-12/h1-2,5,7,11,13H,3-4,6,8-10H2/t11-,16-/m1/s1. The van der Waals surface area contributed by atoms with Gasteiger partial charge in [-0.1, -0.05) is 6.07 Å². The molecule has 88 valence electrons. The maximum atomic E-state index is 11.9. The summed E-state index contributed by atoms with van der Waals surface area (Å²) in [6, 6.07) is 5.77. The van der Waals surface area contributed by atoms with E-state index in [1.54, 1.807) is 6.20 Å². The van der Waals surface area contributed by atoms with Crippen molar-refractivity contribution < 1.29 is 4.21 Å². The molecule has 2 rings (SSSR count). The summed E-state index contributed by atoms with van der Waals surface area (Å²) in [6.45, 7) is 2.14. The summed E-state index contributed by atoms with van der Waals surface area (Å²) >= 11 is 0. The second-order valence-corrected chi connectivity index (χ2v) is 5.79. The summed E-state index contributed by atoms with van der Waals surface area (Å²) in [5, 5.41) is 3.35. The molecule has 0 amide bonds. The highest BCUT2D eigenvalue weighted by Gasteiger charge is 2.16. The minimum atomic E-state index is -0.771. The van der Waals surface area contributed by atoms with E-state index in [-0.39, 0.29) is 0 Å². The summed E-state index contributed by atoms with van der Waals surface area (Å²) in [5.41, 5.74) is 0.935. The van der Waals surface area contributed by atoms with Gasteiger partial charge in [-0.3, -0.25) is 9.19 Å². The normalized spacial score (nSPS) is 22.9. The van der Waals surface area contributed by atoms with E-state index in [2.05, 4.69) is 10.3 Å². The van der Waals surface area contributed by atoms with Crippen LogP contribution in [0.5, 0.6) is 0 Å². The van der Waals surface area contributed by atoms with Crippen LogP contribution in [0.4, 0.5) is 0 Å². The van der Waals surface area contributed by atoms with Crippen molar-refractivity contribution in [2.75, 3.05) is 18.8 Å². The third-order valence-corrected chi connectivity index (χ3v) is 4.32. The Bertz CT molecular complexity index is 336. The van der Waals surface area contributed by atoms with Crippen LogP contribution in [0.1, 0.15) is 18.5 Å². The molecule has 0 aromatic carbocycles. The molecule has 2 heterocycles. The number of aromatic nitrogens is 1. The van der Waals surface area contributed by atoms with Gasteiger partial charge in [-0.15, -0.1) is 0 Å². The largest absolute Gasteiger partial charge is 0.316 e. The predicted molar refractivity (Wildman–Crippen MR) is 66.5 cm³/mol. The van der Waals surface area contributed by atoms with Gasteiger partial charge in [-0.25, -0.2) is 0 Å². The Kier molecular flexibility index (Phi) is 4.48. The second-order valence-electron chi connectivity index (χ2n) is 4.28. The first kappa shape index (κ1) is 11.7. The summed E-state index contributed by atoms with van der Waals surface area (Å²) in [4.78, 5) is 4.20. The van der Waals surface area contributed by atoms with Gasteiger partial charge in [-0.05, 0) is 44.0 Å². The summed E-state index contributed by atoms with van der Waals surface area (Å²) in [6.07, 6.45) is 4.18. The van der Waals surface area contributed by atoms with E-state index in [9.17, 15) is 4.21 Å². The van der Waals surface area contributed by atoms with Gasteiger partial charge in [-0.2, -0.15) is 0 Å². The summed E-state index contributed by atoms with van der Waals surface area (Å²) in [5.74, 6) is 1.99. The van der Waals surface area contributed by atoms with Crippen LogP contribution in [0.2, 0.25) is 0 Å². The lowest BCUT2D eigenvalue weighted by Gasteiger charge is -2.22. The molecule has 1 aromatic heterocycles. The molecule has 0 unspecified atom stereocenters. The fourth-order valence-electron chi connectivity index (χ4n) is 2.04. The molecule has 1 aliphatic heterocycles. The van der Waals surface area contributed by atoms with Crippen molar-refractivity contribution in [1.29, 1.82) is 0 Å². The molecule has 1 fully saturated rings. The highest BCUT2D eigenvalue weighted by Crippen LogP contribution is 2.12. The topological polar surface area (TPSA) is 42.0 Å². The van der Waals surface area contributed by atoms with Gasteiger partial charge in [0, 0.05) is 22.7 Å². The third kappa shape index (κ3) is 3.68. The molecule has 0 aliphatic carbocycles. The SMILES string of the molecule is O=[S@@](Cc1ccccn1)C[C@@H]1CCCNC1. The van der Waals surface area contributed by atoms with E-state index in [0.29, 0.717) is 11.7 Å². The van der Waals surface area contributed by atoms with Crippen LogP contribution < -0.4 is 5.32 Å². The lowest BCUT2D eigenvalue weighted by atomic mass is 10.0. The average molecular weight is 238 g/mol. The first-order chi connectivity index (χ1) is 7.84. The molecule has 0 bridgehead atoms. The number of pyridine rings is 1. The molecule has 1 N–H and O–H groups in total. The third-order valence-electron chi connectivity index (χ3n) is 2.86. The van der Waals surface area contributed by atoms with Crippen LogP contribution in [0.15, 0.2) is 24.4 Å². The molecule has 1 aromatic rings. The zero-order valence-corrected chi connectivity index (χ0v) is 10.2. The minimum Gasteiger partial charge on any atom is -0.316 e. The molecule has 3 nitrogen and oxygen atoms in total. The molecule has 1 aliphatic rings. The fourth-order valence-corrected chi connectivity index (χ4v) is 3.47. The van der Waals surface area contributed by atoms with E-state index in [1.807, 2.05) is 18.2 Å². The van der Waals surface area contributed by atoms with Crippen LogP contribution >= 0.6 is 0 Å². The molecule has 4 heteroatoms. The number of piperidine rings is 1. The quantitative estimate of drug-likeness (QED) is 0.860. The second kappa shape index (κ2) is 6.11. The van der Waals surface area contributed by atoms with E-state index in [4.69, 9.17) is 0 Å². The Morgan fingerprint density at radius 2 is 2.44 bits per heavy atom. The van der Waals surface area contributed by atoms with E-state index in [0.717, 1.165) is 24.5 Å².